The second-order valence-corrected chi connectivity index (χ2v) is 4.92. The Bertz CT molecular complexity index is 298. The first-order chi connectivity index (χ1) is 7.58. The summed E-state index contributed by atoms with van der Waals surface area (Å²) in [5.41, 5.74) is 11.1. The highest BCUT2D eigenvalue weighted by Crippen LogP contribution is 2.28. The lowest BCUT2D eigenvalue weighted by molar-refractivity contribution is -0.130. The van der Waals surface area contributed by atoms with Gasteiger partial charge in [-0.3, -0.25) is 9.59 Å². The van der Waals surface area contributed by atoms with Gasteiger partial charge < -0.3 is 16.4 Å². The van der Waals surface area contributed by atoms with Gasteiger partial charge in [-0.05, 0) is 25.7 Å². The van der Waals surface area contributed by atoms with Crippen molar-refractivity contribution in [3.63, 3.8) is 0 Å². The smallest absolute Gasteiger partial charge is 0.223 e. The Morgan fingerprint density at radius 1 is 1.25 bits per heavy atom. The number of primary amides is 1. The molecule has 0 radical (unpaired) electrons. The Morgan fingerprint density at radius 2 is 1.88 bits per heavy atom. The number of hydrogen-bond acceptors (Lipinski definition) is 3. The van der Waals surface area contributed by atoms with Crippen LogP contribution in [0.25, 0.3) is 0 Å². The summed E-state index contributed by atoms with van der Waals surface area (Å²) >= 11 is 0. The van der Waals surface area contributed by atoms with E-state index in [1.54, 1.807) is 0 Å². The van der Waals surface area contributed by atoms with Gasteiger partial charge >= 0.3 is 0 Å². The van der Waals surface area contributed by atoms with Gasteiger partial charge in [-0.15, -0.1) is 0 Å². The van der Waals surface area contributed by atoms with Crippen molar-refractivity contribution in [2.75, 3.05) is 6.54 Å². The molecule has 4 N–H and O–H groups in total. The lowest BCUT2D eigenvalue weighted by Crippen LogP contribution is -2.42. The van der Waals surface area contributed by atoms with Gasteiger partial charge in [-0.1, -0.05) is 0 Å². The number of rotatable bonds is 2. The molecule has 1 unspecified atom stereocenters. The van der Waals surface area contributed by atoms with E-state index in [0.29, 0.717) is 6.54 Å². The van der Waals surface area contributed by atoms with Crippen LogP contribution in [-0.2, 0) is 9.59 Å². The van der Waals surface area contributed by atoms with E-state index in [9.17, 15) is 9.59 Å². The van der Waals surface area contributed by atoms with Crippen LogP contribution in [0.4, 0.5) is 0 Å². The van der Waals surface area contributed by atoms with Crippen LogP contribution in [0.2, 0.25) is 0 Å². The summed E-state index contributed by atoms with van der Waals surface area (Å²) in [5.74, 6) is -0.573. The number of carbonyl (C=O) groups excluding carboxylic acids is 2. The molecule has 1 aliphatic carbocycles. The topological polar surface area (TPSA) is 89.4 Å². The van der Waals surface area contributed by atoms with Crippen molar-refractivity contribution < 1.29 is 9.59 Å². The zero-order chi connectivity index (χ0) is 11.7. The molecule has 2 aliphatic rings. The van der Waals surface area contributed by atoms with Crippen LogP contribution < -0.4 is 11.5 Å². The molecule has 1 aliphatic heterocycles. The number of nitrogens with two attached hydrogens (primary N) is 2. The molecule has 2 amide bonds. The highest BCUT2D eigenvalue weighted by molar-refractivity contribution is 5.88. The first-order valence-corrected chi connectivity index (χ1v) is 5.92. The second-order valence-electron chi connectivity index (χ2n) is 4.92. The Balaban J connectivity index is 1.95. The van der Waals surface area contributed by atoms with Crippen molar-refractivity contribution in [1.82, 2.24) is 4.90 Å². The summed E-state index contributed by atoms with van der Waals surface area (Å²) in [4.78, 5) is 24.6. The molecule has 0 aromatic heterocycles. The van der Waals surface area contributed by atoms with Crippen LogP contribution in [0.5, 0.6) is 0 Å². The molecule has 1 saturated heterocycles. The largest absolute Gasteiger partial charge is 0.369 e. The number of carbonyl (C=O) groups is 2. The summed E-state index contributed by atoms with van der Waals surface area (Å²) in [6, 6.07) is 0.553. The fourth-order valence-electron chi connectivity index (χ4n) is 2.69. The Morgan fingerprint density at radius 3 is 2.38 bits per heavy atom. The molecule has 1 heterocycles. The first kappa shape index (κ1) is 11.4. The SMILES string of the molecule is NC(=O)C1CC(=O)N(C2CCC(N)CC2)C1. The average Bonchev–Trinajstić information content (AvgIpc) is 2.62. The van der Waals surface area contributed by atoms with E-state index in [4.69, 9.17) is 11.5 Å². The summed E-state index contributed by atoms with van der Waals surface area (Å²) in [6.07, 6.45) is 4.14. The van der Waals surface area contributed by atoms with E-state index in [-0.39, 0.29) is 36.2 Å². The molecule has 5 heteroatoms. The van der Waals surface area contributed by atoms with Crippen LogP contribution in [0.3, 0.4) is 0 Å². The Kier molecular flexibility index (Phi) is 3.14. The third-order valence-electron chi connectivity index (χ3n) is 3.74. The van der Waals surface area contributed by atoms with Gasteiger partial charge in [0.1, 0.15) is 0 Å². The van der Waals surface area contributed by atoms with E-state index >= 15 is 0 Å². The van der Waals surface area contributed by atoms with Gasteiger partial charge in [-0.25, -0.2) is 0 Å². The fraction of sp³-hybridized carbons (Fsp3) is 0.818. The second kappa shape index (κ2) is 4.41. The maximum absolute atomic E-state index is 11.8. The van der Waals surface area contributed by atoms with Crippen molar-refractivity contribution >= 4 is 11.8 Å². The standard InChI is InChI=1S/C11H19N3O2/c12-8-1-3-9(4-2-8)14-6-7(11(13)16)5-10(14)15/h7-9H,1-6,12H2,(H2,13,16). The number of likely N-dealkylation sites (tertiary alicyclic amines) is 1. The zero-order valence-electron chi connectivity index (χ0n) is 9.39. The maximum Gasteiger partial charge on any atom is 0.223 e. The van der Waals surface area contributed by atoms with Gasteiger partial charge in [0.2, 0.25) is 11.8 Å². The lowest BCUT2D eigenvalue weighted by atomic mass is 9.91. The summed E-state index contributed by atoms with van der Waals surface area (Å²) in [6.45, 7) is 0.508. The van der Waals surface area contributed by atoms with Crippen molar-refractivity contribution in [2.45, 2.75) is 44.2 Å². The van der Waals surface area contributed by atoms with Crippen LogP contribution in [0, 0.1) is 5.92 Å². The maximum atomic E-state index is 11.8. The van der Waals surface area contributed by atoms with Crippen molar-refractivity contribution in [2.24, 2.45) is 17.4 Å². The van der Waals surface area contributed by atoms with Crippen molar-refractivity contribution in [1.29, 1.82) is 0 Å². The highest BCUT2D eigenvalue weighted by Gasteiger charge is 2.37. The number of amides is 2. The normalized spacial score (nSPS) is 35.4. The van der Waals surface area contributed by atoms with Gasteiger partial charge in [0, 0.05) is 25.0 Å². The quantitative estimate of drug-likeness (QED) is 0.669. The lowest BCUT2D eigenvalue weighted by Gasteiger charge is -2.33. The van der Waals surface area contributed by atoms with Crippen molar-refractivity contribution in [3.05, 3.63) is 0 Å². The molecule has 1 atom stereocenters. The van der Waals surface area contributed by atoms with E-state index in [0.717, 1.165) is 25.7 Å². The van der Waals surface area contributed by atoms with E-state index < -0.39 is 0 Å². The Hall–Kier alpha value is -1.10. The van der Waals surface area contributed by atoms with E-state index in [1.807, 2.05) is 4.90 Å². The molecule has 0 aromatic rings. The molecular weight excluding hydrogens is 206 g/mol. The van der Waals surface area contributed by atoms with Gasteiger partial charge in [-0.2, -0.15) is 0 Å². The molecule has 0 aromatic carbocycles. The molecule has 0 bridgehead atoms. The predicted molar refractivity (Wildman–Crippen MR) is 59.2 cm³/mol. The van der Waals surface area contributed by atoms with Crippen LogP contribution >= 0.6 is 0 Å². The molecule has 16 heavy (non-hydrogen) atoms. The van der Waals surface area contributed by atoms with Crippen LogP contribution in [0.15, 0.2) is 0 Å². The summed E-state index contributed by atoms with van der Waals surface area (Å²) in [7, 11) is 0. The molecule has 2 rings (SSSR count). The monoisotopic (exact) mass is 225 g/mol. The molecule has 1 saturated carbocycles. The zero-order valence-corrected chi connectivity index (χ0v) is 9.39. The fourth-order valence-corrected chi connectivity index (χ4v) is 2.69. The van der Waals surface area contributed by atoms with E-state index in [2.05, 4.69) is 0 Å². The molecule has 2 fully saturated rings. The Labute approximate surface area is 95.1 Å². The highest BCUT2D eigenvalue weighted by atomic mass is 16.2. The van der Waals surface area contributed by atoms with Crippen LogP contribution in [-0.4, -0.2) is 35.3 Å². The van der Waals surface area contributed by atoms with Gasteiger partial charge in [0.25, 0.3) is 0 Å². The van der Waals surface area contributed by atoms with Gasteiger partial charge in [0.15, 0.2) is 0 Å². The number of nitrogens with zero attached hydrogens (tertiary/aromatic N) is 1. The number of hydrogen-bond donors (Lipinski definition) is 2. The van der Waals surface area contributed by atoms with Crippen LogP contribution in [0.1, 0.15) is 32.1 Å². The minimum atomic E-state index is -0.358. The molecular formula is C11H19N3O2. The molecule has 5 nitrogen and oxygen atoms in total. The molecule has 90 valence electrons. The summed E-state index contributed by atoms with van der Waals surface area (Å²) in [5, 5.41) is 0. The van der Waals surface area contributed by atoms with Gasteiger partial charge in [0.05, 0.1) is 5.92 Å². The first-order valence-electron chi connectivity index (χ1n) is 5.92. The molecule has 0 spiro atoms. The summed E-state index contributed by atoms with van der Waals surface area (Å²) < 4.78 is 0. The average molecular weight is 225 g/mol. The predicted octanol–water partition coefficient (Wildman–Crippen LogP) is -0.410. The third-order valence-corrected chi connectivity index (χ3v) is 3.74. The minimum Gasteiger partial charge on any atom is -0.369 e. The minimum absolute atomic E-state index is 0.0734. The van der Waals surface area contributed by atoms with Crippen molar-refractivity contribution in [3.8, 4) is 0 Å². The van der Waals surface area contributed by atoms with E-state index in [1.165, 1.54) is 0 Å². The third kappa shape index (κ3) is 2.19.